The van der Waals surface area contributed by atoms with E-state index < -0.39 is 0 Å². The van der Waals surface area contributed by atoms with Gasteiger partial charge in [0.05, 0.1) is 6.07 Å². The summed E-state index contributed by atoms with van der Waals surface area (Å²) in [6.45, 7) is 4.20. The molecule has 1 aromatic rings. The molecule has 1 saturated heterocycles. The third-order valence-corrected chi connectivity index (χ3v) is 3.17. The summed E-state index contributed by atoms with van der Waals surface area (Å²) < 4.78 is 0. The van der Waals surface area contributed by atoms with Crippen molar-refractivity contribution in [1.82, 2.24) is 0 Å². The van der Waals surface area contributed by atoms with Crippen LogP contribution < -0.4 is 10.2 Å². The highest BCUT2D eigenvalue weighted by atomic mass is 15.1. The van der Waals surface area contributed by atoms with Crippen molar-refractivity contribution < 1.29 is 0 Å². The molecule has 1 fully saturated rings. The maximum Gasteiger partial charge on any atom is 0.111 e. The van der Waals surface area contributed by atoms with Crippen LogP contribution in [0.3, 0.4) is 0 Å². The molecule has 1 aromatic carbocycles. The average molecular weight is 229 g/mol. The SMILES string of the molecule is CC(C#N)Nc1ccc(N2CCCCC2)cc1. The Labute approximate surface area is 103 Å². The predicted molar refractivity (Wildman–Crippen MR) is 71.2 cm³/mol. The molecule has 0 spiro atoms. The van der Waals surface area contributed by atoms with E-state index in [1.54, 1.807) is 0 Å². The van der Waals surface area contributed by atoms with Gasteiger partial charge in [0.2, 0.25) is 0 Å². The van der Waals surface area contributed by atoms with Crippen LogP contribution in [0.15, 0.2) is 24.3 Å². The molecule has 0 aliphatic carbocycles. The minimum atomic E-state index is -0.143. The van der Waals surface area contributed by atoms with Crippen LogP contribution >= 0.6 is 0 Å². The molecular weight excluding hydrogens is 210 g/mol. The standard InChI is InChI=1S/C14H19N3/c1-12(11-15)16-13-5-7-14(8-6-13)17-9-3-2-4-10-17/h5-8,12,16H,2-4,9-10H2,1H3. The zero-order chi connectivity index (χ0) is 12.1. The maximum atomic E-state index is 8.73. The average Bonchev–Trinajstić information content (AvgIpc) is 2.40. The van der Waals surface area contributed by atoms with Gasteiger partial charge in [0.25, 0.3) is 0 Å². The van der Waals surface area contributed by atoms with Crippen molar-refractivity contribution in [3.8, 4) is 6.07 Å². The maximum absolute atomic E-state index is 8.73. The van der Waals surface area contributed by atoms with Crippen molar-refractivity contribution in [3.63, 3.8) is 0 Å². The Bertz CT molecular complexity index is 385. The molecular formula is C14H19N3. The molecule has 1 unspecified atom stereocenters. The Morgan fingerprint density at radius 2 is 1.82 bits per heavy atom. The van der Waals surface area contributed by atoms with Gasteiger partial charge in [-0.2, -0.15) is 5.26 Å². The van der Waals surface area contributed by atoms with Gasteiger partial charge in [-0.1, -0.05) is 0 Å². The van der Waals surface area contributed by atoms with E-state index in [4.69, 9.17) is 5.26 Å². The molecule has 0 aromatic heterocycles. The number of anilines is 2. The summed E-state index contributed by atoms with van der Waals surface area (Å²) in [7, 11) is 0. The van der Waals surface area contributed by atoms with Crippen molar-refractivity contribution in [2.24, 2.45) is 0 Å². The van der Waals surface area contributed by atoms with Gasteiger partial charge in [0.1, 0.15) is 6.04 Å². The highest BCUT2D eigenvalue weighted by Gasteiger charge is 2.10. The zero-order valence-corrected chi connectivity index (χ0v) is 10.3. The Balaban J connectivity index is 2.00. The molecule has 1 heterocycles. The summed E-state index contributed by atoms with van der Waals surface area (Å²) >= 11 is 0. The zero-order valence-electron chi connectivity index (χ0n) is 10.3. The molecule has 1 aliphatic heterocycles. The van der Waals surface area contributed by atoms with Crippen LogP contribution in [0.4, 0.5) is 11.4 Å². The lowest BCUT2D eigenvalue weighted by Gasteiger charge is -2.28. The number of hydrogen-bond donors (Lipinski definition) is 1. The first-order valence-electron chi connectivity index (χ1n) is 6.31. The van der Waals surface area contributed by atoms with Crippen LogP contribution in [0.1, 0.15) is 26.2 Å². The third-order valence-electron chi connectivity index (χ3n) is 3.17. The van der Waals surface area contributed by atoms with Crippen molar-refractivity contribution in [2.45, 2.75) is 32.2 Å². The quantitative estimate of drug-likeness (QED) is 0.866. The number of rotatable bonds is 3. The summed E-state index contributed by atoms with van der Waals surface area (Å²) in [6, 6.07) is 10.4. The summed E-state index contributed by atoms with van der Waals surface area (Å²) in [5.41, 5.74) is 2.31. The molecule has 0 saturated carbocycles. The number of nitrogens with zero attached hydrogens (tertiary/aromatic N) is 2. The Kier molecular flexibility index (Phi) is 3.87. The van der Waals surface area contributed by atoms with Crippen LogP contribution in [0, 0.1) is 11.3 Å². The normalized spacial score (nSPS) is 17.3. The molecule has 0 radical (unpaired) electrons. The van der Waals surface area contributed by atoms with E-state index in [1.165, 1.54) is 38.0 Å². The van der Waals surface area contributed by atoms with Gasteiger partial charge in [-0.15, -0.1) is 0 Å². The highest BCUT2D eigenvalue weighted by Crippen LogP contribution is 2.21. The molecule has 3 nitrogen and oxygen atoms in total. The van der Waals surface area contributed by atoms with Crippen LogP contribution in [-0.2, 0) is 0 Å². The van der Waals surface area contributed by atoms with E-state index in [0.29, 0.717) is 0 Å². The Morgan fingerprint density at radius 3 is 2.41 bits per heavy atom. The van der Waals surface area contributed by atoms with Crippen molar-refractivity contribution in [3.05, 3.63) is 24.3 Å². The lowest BCUT2D eigenvalue weighted by atomic mass is 10.1. The Morgan fingerprint density at radius 1 is 1.18 bits per heavy atom. The van der Waals surface area contributed by atoms with Gasteiger partial charge >= 0.3 is 0 Å². The minimum Gasteiger partial charge on any atom is -0.372 e. The third kappa shape index (κ3) is 3.13. The molecule has 2 rings (SSSR count). The second kappa shape index (κ2) is 5.58. The lowest BCUT2D eigenvalue weighted by Crippen LogP contribution is -2.29. The number of hydrogen-bond acceptors (Lipinski definition) is 3. The molecule has 1 atom stereocenters. The first-order chi connectivity index (χ1) is 8.29. The van der Waals surface area contributed by atoms with Gasteiger partial charge in [0.15, 0.2) is 0 Å². The van der Waals surface area contributed by atoms with Gasteiger partial charge in [-0.3, -0.25) is 0 Å². The van der Waals surface area contributed by atoms with E-state index in [9.17, 15) is 0 Å². The Hall–Kier alpha value is -1.69. The second-order valence-corrected chi connectivity index (χ2v) is 4.59. The fraction of sp³-hybridized carbons (Fsp3) is 0.500. The topological polar surface area (TPSA) is 39.1 Å². The number of nitrogens with one attached hydrogen (secondary N) is 1. The van der Waals surface area contributed by atoms with E-state index >= 15 is 0 Å². The van der Waals surface area contributed by atoms with E-state index in [0.717, 1.165) is 5.69 Å². The van der Waals surface area contributed by atoms with Crippen LogP contribution in [0.25, 0.3) is 0 Å². The van der Waals surface area contributed by atoms with Crippen molar-refractivity contribution in [2.75, 3.05) is 23.3 Å². The fourth-order valence-electron chi connectivity index (χ4n) is 2.20. The highest BCUT2D eigenvalue weighted by molar-refractivity contribution is 5.55. The lowest BCUT2D eigenvalue weighted by molar-refractivity contribution is 0.578. The van der Waals surface area contributed by atoms with Gasteiger partial charge in [-0.05, 0) is 50.5 Å². The first-order valence-corrected chi connectivity index (χ1v) is 6.31. The summed E-state index contributed by atoms with van der Waals surface area (Å²) in [4.78, 5) is 2.43. The molecule has 1 aliphatic rings. The number of nitriles is 1. The summed E-state index contributed by atoms with van der Waals surface area (Å²) in [6.07, 6.45) is 3.95. The van der Waals surface area contributed by atoms with E-state index in [-0.39, 0.29) is 6.04 Å². The smallest absolute Gasteiger partial charge is 0.111 e. The monoisotopic (exact) mass is 229 g/mol. The van der Waals surface area contributed by atoms with Crippen LogP contribution in [-0.4, -0.2) is 19.1 Å². The molecule has 1 N–H and O–H groups in total. The van der Waals surface area contributed by atoms with Gasteiger partial charge < -0.3 is 10.2 Å². The molecule has 90 valence electrons. The van der Waals surface area contributed by atoms with Crippen molar-refractivity contribution >= 4 is 11.4 Å². The largest absolute Gasteiger partial charge is 0.372 e. The summed E-state index contributed by atoms with van der Waals surface area (Å²) in [5.74, 6) is 0. The minimum absolute atomic E-state index is 0.143. The van der Waals surface area contributed by atoms with Crippen molar-refractivity contribution in [1.29, 1.82) is 5.26 Å². The number of piperidine rings is 1. The second-order valence-electron chi connectivity index (χ2n) is 4.59. The number of benzene rings is 1. The van der Waals surface area contributed by atoms with Gasteiger partial charge in [-0.25, -0.2) is 0 Å². The molecule has 0 bridgehead atoms. The molecule has 17 heavy (non-hydrogen) atoms. The van der Waals surface area contributed by atoms with Crippen LogP contribution in [0.2, 0.25) is 0 Å². The molecule has 3 heteroatoms. The van der Waals surface area contributed by atoms with E-state index in [1.807, 2.05) is 6.92 Å². The fourth-order valence-corrected chi connectivity index (χ4v) is 2.20. The van der Waals surface area contributed by atoms with Gasteiger partial charge in [0, 0.05) is 24.5 Å². The van der Waals surface area contributed by atoms with Crippen LogP contribution in [0.5, 0.6) is 0 Å². The first kappa shape index (κ1) is 11.8. The predicted octanol–water partition coefficient (Wildman–Crippen LogP) is 3.00. The summed E-state index contributed by atoms with van der Waals surface area (Å²) in [5, 5.41) is 11.9. The molecule has 0 amide bonds. The van der Waals surface area contributed by atoms with E-state index in [2.05, 4.69) is 40.6 Å².